The Kier molecular flexibility index (Phi) is 2.86. The van der Waals surface area contributed by atoms with Gasteiger partial charge in [-0.15, -0.1) is 0 Å². The topological polar surface area (TPSA) is 35.5 Å². The predicted octanol–water partition coefficient (Wildman–Crippen LogP) is 0.193. The minimum absolute atomic E-state index is 0.0689. The SMILES string of the molecule is CCN(C1CNC1)[C@@H]1CCC[C@H]1O. The van der Waals surface area contributed by atoms with Crippen LogP contribution in [0.2, 0.25) is 0 Å². The number of nitrogens with one attached hydrogen (secondary N) is 1. The van der Waals surface area contributed by atoms with Crippen molar-refractivity contribution in [3.8, 4) is 0 Å². The monoisotopic (exact) mass is 184 g/mol. The lowest BCUT2D eigenvalue weighted by Gasteiger charge is -2.42. The Morgan fingerprint density at radius 3 is 2.54 bits per heavy atom. The van der Waals surface area contributed by atoms with Crippen LogP contribution >= 0.6 is 0 Å². The van der Waals surface area contributed by atoms with Gasteiger partial charge in [-0.1, -0.05) is 6.92 Å². The summed E-state index contributed by atoms with van der Waals surface area (Å²) in [5.74, 6) is 0. The summed E-state index contributed by atoms with van der Waals surface area (Å²) in [5.41, 5.74) is 0. The molecule has 0 bridgehead atoms. The molecule has 1 aliphatic heterocycles. The van der Waals surface area contributed by atoms with Gasteiger partial charge in [0.25, 0.3) is 0 Å². The van der Waals surface area contributed by atoms with E-state index in [1.807, 2.05) is 0 Å². The first-order valence-corrected chi connectivity index (χ1v) is 5.47. The molecule has 0 radical (unpaired) electrons. The molecule has 2 N–H and O–H groups in total. The van der Waals surface area contributed by atoms with Crippen LogP contribution in [0.4, 0.5) is 0 Å². The number of hydrogen-bond acceptors (Lipinski definition) is 3. The molecule has 1 heterocycles. The van der Waals surface area contributed by atoms with Crippen LogP contribution in [-0.2, 0) is 0 Å². The molecular weight excluding hydrogens is 164 g/mol. The summed E-state index contributed by atoms with van der Waals surface area (Å²) < 4.78 is 0. The zero-order valence-electron chi connectivity index (χ0n) is 8.37. The fourth-order valence-electron chi connectivity index (χ4n) is 2.58. The van der Waals surface area contributed by atoms with Gasteiger partial charge in [-0.25, -0.2) is 0 Å². The maximum Gasteiger partial charge on any atom is 0.0695 e. The second-order valence-electron chi connectivity index (χ2n) is 4.21. The fraction of sp³-hybridized carbons (Fsp3) is 1.00. The highest BCUT2D eigenvalue weighted by atomic mass is 16.3. The Morgan fingerprint density at radius 2 is 2.15 bits per heavy atom. The minimum Gasteiger partial charge on any atom is -0.391 e. The van der Waals surface area contributed by atoms with Gasteiger partial charge in [0, 0.05) is 25.2 Å². The van der Waals surface area contributed by atoms with Crippen LogP contribution < -0.4 is 5.32 Å². The van der Waals surface area contributed by atoms with Crippen LogP contribution in [0.25, 0.3) is 0 Å². The Labute approximate surface area is 80.1 Å². The quantitative estimate of drug-likeness (QED) is 0.657. The van der Waals surface area contributed by atoms with E-state index in [0.717, 1.165) is 26.1 Å². The molecule has 13 heavy (non-hydrogen) atoms. The van der Waals surface area contributed by atoms with Gasteiger partial charge in [0.15, 0.2) is 0 Å². The highest BCUT2D eigenvalue weighted by molar-refractivity contribution is 4.93. The van der Waals surface area contributed by atoms with Gasteiger partial charge in [-0.05, 0) is 25.8 Å². The number of nitrogens with zero attached hydrogens (tertiary/aromatic N) is 1. The molecule has 3 heteroatoms. The molecule has 0 spiro atoms. The Morgan fingerprint density at radius 1 is 1.38 bits per heavy atom. The van der Waals surface area contributed by atoms with Crippen LogP contribution in [0.3, 0.4) is 0 Å². The van der Waals surface area contributed by atoms with Gasteiger partial charge in [0.1, 0.15) is 0 Å². The lowest BCUT2D eigenvalue weighted by Crippen LogP contribution is -2.61. The average Bonchev–Trinajstić information content (AvgIpc) is 2.43. The van der Waals surface area contributed by atoms with Crippen molar-refractivity contribution in [2.45, 2.75) is 44.4 Å². The molecule has 0 unspecified atom stereocenters. The molecule has 2 aliphatic rings. The Hall–Kier alpha value is -0.120. The van der Waals surface area contributed by atoms with Gasteiger partial charge in [0.2, 0.25) is 0 Å². The zero-order chi connectivity index (χ0) is 9.26. The van der Waals surface area contributed by atoms with Crippen molar-refractivity contribution in [3.05, 3.63) is 0 Å². The van der Waals surface area contributed by atoms with E-state index >= 15 is 0 Å². The molecule has 2 atom stereocenters. The maximum atomic E-state index is 9.80. The lowest BCUT2D eigenvalue weighted by molar-refractivity contribution is 0.0300. The van der Waals surface area contributed by atoms with Crippen LogP contribution in [0, 0.1) is 0 Å². The van der Waals surface area contributed by atoms with E-state index in [1.54, 1.807) is 0 Å². The van der Waals surface area contributed by atoms with Gasteiger partial charge in [-0.2, -0.15) is 0 Å². The Bertz CT molecular complexity index is 170. The Balaban J connectivity index is 1.94. The highest BCUT2D eigenvalue weighted by Gasteiger charge is 2.35. The smallest absolute Gasteiger partial charge is 0.0695 e. The summed E-state index contributed by atoms with van der Waals surface area (Å²) in [7, 11) is 0. The summed E-state index contributed by atoms with van der Waals surface area (Å²) in [5, 5.41) is 13.1. The number of likely N-dealkylation sites (N-methyl/N-ethyl adjacent to an activating group) is 1. The van der Waals surface area contributed by atoms with Gasteiger partial charge in [0.05, 0.1) is 6.10 Å². The van der Waals surface area contributed by atoms with Crippen molar-refractivity contribution >= 4 is 0 Å². The van der Waals surface area contributed by atoms with Gasteiger partial charge in [-0.3, -0.25) is 4.90 Å². The first-order valence-electron chi connectivity index (χ1n) is 5.47. The van der Waals surface area contributed by atoms with E-state index in [2.05, 4.69) is 17.1 Å². The minimum atomic E-state index is -0.0689. The van der Waals surface area contributed by atoms with Crippen LogP contribution in [0.5, 0.6) is 0 Å². The summed E-state index contributed by atoms with van der Waals surface area (Å²) in [4.78, 5) is 2.48. The second kappa shape index (κ2) is 3.95. The predicted molar refractivity (Wildman–Crippen MR) is 52.7 cm³/mol. The first-order chi connectivity index (χ1) is 6.33. The van der Waals surface area contributed by atoms with E-state index in [0.29, 0.717) is 12.1 Å². The van der Waals surface area contributed by atoms with Crippen LogP contribution in [0.1, 0.15) is 26.2 Å². The van der Waals surface area contributed by atoms with Crippen molar-refractivity contribution in [1.82, 2.24) is 10.2 Å². The van der Waals surface area contributed by atoms with E-state index < -0.39 is 0 Å². The van der Waals surface area contributed by atoms with Crippen LogP contribution in [0.15, 0.2) is 0 Å². The lowest BCUT2D eigenvalue weighted by atomic mass is 10.1. The number of hydrogen-bond donors (Lipinski definition) is 2. The molecule has 3 nitrogen and oxygen atoms in total. The van der Waals surface area contributed by atoms with Crippen LogP contribution in [-0.4, -0.2) is 47.8 Å². The third-order valence-corrected chi connectivity index (χ3v) is 3.46. The maximum absolute atomic E-state index is 9.80. The summed E-state index contributed by atoms with van der Waals surface area (Å²) in [6, 6.07) is 1.12. The molecule has 2 fully saturated rings. The highest BCUT2D eigenvalue weighted by Crippen LogP contribution is 2.26. The average molecular weight is 184 g/mol. The summed E-state index contributed by atoms with van der Waals surface area (Å²) in [6.07, 6.45) is 3.32. The molecular formula is C10H20N2O. The molecule has 1 aliphatic carbocycles. The van der Waals surface area contributed by atoms with Crippen molar-refractivity contribution < 1.29 is 5.11 Å². The molecule has 0 amide bonds. The molecule has 0 aromatic heterocycles. The van der Waals surface area contributed by atoms with E-state index in [4.69, 9.17) is 0 Å². The van der Waals surface area contributed by atoms with Crippen molar-refractivity contribution in [1.29, 1.82) is 0 Å². The van der Waals surface area contributed by atoms with E-state index in [9.17, 15) is 5.11 Å². The molecule has 2 rings (SSSR count). The third kappa shape index (κ3) is 1.73. The normalized spacial score (nSPS) is 35.3. The molecule has 1 saturated heterocycles. The van der Waals surface area contributed by atoms with Crippen molar-refractivity contribution in [2.75, 3.05) is 19.6 Å². The van der Waals surface area contributed by atoms with E-state index in [1.165, 1.54) is 12.8 Å². The standard InChI is InChI=1S/C10H20N2O/c1-2-12(8-6-11-7-8)9-4-3-5-10(9)13/h8-11,13H,2-7H2,1H3/t9-,10-/m1/s1. The van der Waals surface area contributed by atoms with E-state index in [-0.39, 0.29) is 6.10 Å². The molecule has 0 aromatic carbocycles. The third-order valence-electron chi connectivity index (χ3n) is 3.46. The number of aliphatic hydroxyl groups excluding tert-OH is 1. The fourth-order valence-corrected chi connectivity index (χ4v) is 2.58. The van der Waals surface area contributed by atoms with Crippen molar-refractivity contribution in [2.24, 2.45) is 0 Å². The number of aliphatic hydroxyl groups is 1. The van der Waals surface area contributed by atoms with Crippen molar-refractivity contribution in [3.63, 3.8) is 0 Å². The molecule has 0 aromatic rings. The largest absolute Gasteiger partial charge is 0.391 e. The van der Waals surface area contributed by atoms with Gasteiger partial charge >= 0.3 is 0 Å². The first kappa shape index (κ1) is 9.44. The number of rotatable bonds is 3. The second-order valence-corrected chi connectivity index (χ2v) is 4.21. The molecule has 76 valence electrons. The van der Waals surface area contributed by atoms with Gasteiger partial charge < -0.3 is 10.4 Å². The summed E-state index contributed by atoms with van der Waals surface area (Å²) in [6.45, 7) is 5.49. The zero-order valence-corrected chi connectivity index (χ0v) is 8.37. The molecule has 1 saturated carbocycles. The summed E-state index contributed by atoms with van der Waals surface area (Å²) >= 11 is 0.